The molecule has 1 N–H and O–H groups in total. The van der Waals surface area contributed by atoms with Gasteiger partial charge in [0.15, 0.2) is 0 Å². The number of nitrogens with zero attached hydrogens (tertiary/aromatic N) is 2. The van der Waals surface area contributed by atoms with Crippen LogP contribution in [-0.4, -0.2) is 22.2 Å². The first-order valence-electron chi connectivity index (χ1n) is 5.59. The Bertz CT molecular complexity index is 486. The number of halogens is 2. The summed E-state index contributed by atoms with van der Waals surface area (Å²) in [6.45, 7) is 4.72. The lowest BCUT2D eigenvalue weighted by Crippen LogP contribution is -2.34. The fraction of sp³-hybridized carbons (Fsp3) is 0.545. The van der Waals surface area contributed by atoms with Crippen molar-refractivity contribution in [2.24, 2.45) is 5.92 Å². The average Bonchev–Trinajstić information content (AvgIpc) is 2.29. The van der Waals surface area contributed by atoms with Crippen LogP contribution in [0.5, 0.6) is 0 Å². The van der Waals surface area contributed by atoms with Gasteiger partial charge in [0.2, 0.25) is 5.91 Å². The van der Waals surface area contributed by atoms with Crippen molar-refractivity contribution in [1.82, 2.24) is 15.1 Å². The van der Waals surface area contributed by atoms with Crippen LogP contribution in [0.3, 0.4) is 0 Å². The van der Waals surface area contributed by atoms with Gasteiger partial charge in [-0.1, -0.05) is 13.8 Å². The van der Waals surface area contributed by atoms with Crippen LogP contribution < -0.4 is 10.9 Å². The van der Waals surface area contributed by atoms with Crippen molar-refractivity contribution in [3.05, 3.63) is 25.5 Å². The van der Waals surface area contributed by atoms with Crippen LogP contribution in [0.15, 0.2) is 19.9 Å². The van der Waals surface area contributed by atoms with Gasteiger partial charge in [0, 0.05) is 6.54 Å². The molecule has 0 aromatic carbocycles. The summed E-state index contributed by atoms with van der Waals surface area (Å²) in [5, 5.41) is 6.65. The van der Waals surface area contributed by atoms with Gasteiger partial charge in [0.1, 0.15) is 11.0 Å². The minimum Gasteiger partial charge on any atom is -0.354 e. The van der Waals surface area contributed by atoms with E-state index in [2.05, 4.69) is 56.1 Å². The van der Waals surface area contributed by atoms with Gasteiger partial charge in [-0.05, 0) is 44.2 Å². The Labute approximate surface area is 122 Å². The summed E-state index contributed by atoms with van der Waals surface area (Å²) in [5.41, 5.74) is -0.330. The largest absolute Gasteiger partial charge is 0.354 e. The SMILES string of the molecule is CC(C)CCNC(=O)Cn1ncc(Br)c(Br)c1=O. The molecule has 0 aliphatic rings. The number of carbonyl (C=O) groups excluding carboxylic acids is 1. The predicted octanol–water partition coefficient (Wildman–Crippen LogP) is 1.93. The number of aromatic nitrogens is 2. The van der Waals surface area contributed by atoms with E-state index in [1.54, 1.807) is 0 Å². The molecule has 1 rings (SSSR count). The van der Waals surface area contributed by atoms with Crippen LogP contribution in [0.25, 0.3) is 0 Å². The zero-order valence-corrected chi connectivity index (χ0v) is 13.4. The lowest BCUT2D eigenvalue weighted by Gasteiger charge is -2.08. The first-order chi connectivity index (χ1) is 8.41. The fourth-order valence-corrected chi connectivity index (χ4v) is 1.82. The van der Waals surface area contributed by atoms with E-state index in [1.807, 2.05) is 0 Å². The highest BCUT2D eigenvalue weighted by Crippen LogP contribution is 2.16. The molecule has 7 heteroatoms. The highest BCUT2D eigenvalue weighted by molar-refractivity contribution is 9.13. The smallest absolute Gasteiger partial charge is 0.282 e. The zero-order chi connectivity index (χ0) is 13.7. The standard InChI is InChI=1S/C11H15Br2N3O2/c1-7(2)3-4-14-9(17)6-16-11(18)10(13)8(12)5-15-16/h5,7H,3-4,6H2,1-2H3,(H,14,17). The molecule has 0 unspecified atom stereocenters. The van der Waals surface area contributed by atoms with Crippen LogP contribution in [0, 0.1) is 5.92 Å². The molecule has 0 aliphatic carbocycles. The Hall–Kier alpha value is -0.690. The first kappa shape index (κ1) is 15.4. The third-order valence-corrected chi connectivity index (χ3v) is 4.18. The summed E-state index contributed by atoms with van der Waals surface area (Å²) >= 11 is 6.32. The van der Waals surface area contributed by atoms with Crippen molar-refractivity contribution in [1.29, 1.82) is 0 Å². The maximum absolute atomic E-state index is 11.8. The molecule has 0 atom stereocenters. The topological polar surface area (TPSA) is 64.0 Å². The lowest BCUT2D eigenvalue weighted by atomic mass is 10.1. The Morgan fingerprint density at radius 1 is 1.50 bits per heavy atom. The minimum atomic E-state index is -0.330. The van der Waals surface area contributed by atoms with Crippen LogP contribution >= 0.6 is 31.9 Å². The van der Waals surface area contributed by atoms with Crippen molar-refractivity contribution in [3.63, 3.8) is 0 Å². The maximum Gasteiger partial charge on any atom is 0.282 e. The van der Waals surface area contributed by atoms with E-state index in [0.29, 0.717) is 21.4 Å². The summed E-state index contributed by atoms with van der Waals surface area (Å²) in [6.07, 6.45) is 2.39. The predicted molar refractivity (Wildman–Crippen MR) is 76.4 cm³/mol. The fourth-order valence-electron chi connectivity index (χ4n) is 1.25. The summed E-state index contributed by atoms with van der Waals surface area (Å²) < 4.78 is 2.07. The van der Waals surface area contributed by atoms with Gasteiger partial charge in [-0.25, -0.2) is 4.68 Å². The summed E-state index contributed by atoms with van der Waals surface area (Å²) in [5.74, 6) is 0.326. The molecule has 0 spiro atoms. The normalized spacial score (nSPS) is 10.7. The Morgan fingerprint density at radius 2 is 2.17 bits per heavy atom. The second kappa shape index (κ2) is 7.04. The number of amides is 1. The highest BCUT2D eigenvalue weighted by Gasteiger charge is 2.09. The van der Waals surface area contributed by atoms with Crippen molar-refractivity contribution >= 4 is 37.8 Å². The van der Waals surface area contributed by atoms with Gasteiger partial charge >= 0.3 is 0 Å². The summed E-state index contributed by atoms with van der Waals surface area (Å²) in [6, 6.07) is 0. The summed E-state index contributed by atoms with van der Waals surface area (Å²) in [4.78, 5) is 23.4. The lowest BCUT2D eigenvalue weighted by molar-refractivity contribution is -0.121. The Balaban J connectivity index is 2.60. The number of nitrogens with one attached hydrogen (secondary N) is 1. The van der Waals surface area contributed by atoms with E-state index < -0.39 is 0 Å². The van der Waals surface area contributed by atoms with E-state index in [-0.39, 0.29) is 18.0 Å². The number of rotatable bonds is 5. The minimum absolute atomic E-state index is 0.0667. The molecular formula is C11H15Br2N3O2. The number of hydrogen-bond acceptors (Lipinski definition) is 3. The first-order valence-corrected chi connectivity index (χ1v) is 7.18. The monoisotopic (exact) mass is 379 g/mol. The molecule has 1 aromatic heterocycles. The average molecular weight is 381 g/mol. The van der Waals surface area contributed by atoms with Crippen molar-refractivity contribution < 1.29 is 4.79 Å². The zero-order valence-electron chi connectivity index (χ0n) is 10.2. The molecule has 0 aliphatic heterocycles. The molecule has 1 aromatic rings. The molecule has 0 bridgehead atoms. The molecule has 1 amide bonds. The van der Waals surface area contributed by atoms with Crippen LogP contribution in [0.1, 0.15) is 20.3 Å². The van der Waals surface area contributed by atoms with E-state index >= 15 is 0 Å². The third-order valence-electron chi connectivity index (χ3n) is 2.28. The molecule has 100 valence electrons. The quantitative estimate of drug-likeness (QED) is 0.848. The third kappa shape index (κ3) is 4.53. The molecule has 1 heterocycles. The molecule has 0 fully saturated rings. The van der Waals surface area contributed by atoms with Crippen LogP contribution in [-0.2, 0) is 11.3 Å². The van der Waals surface area contributed by atoms with E-state index in [0.717, 1.165) is 11.1 Å². The molecule has 18 heavy (non-hydrogen) atoms. The van der Waals surface area contributed by atoms with Crippen molar-refractivity contribution in [2.45, 2.75) is 26.8 Å². The van der Waals surface area contributed by atoms with Crippen LogP contribution in [0.4, 0.5) is 0 Å². The number of hydrogen-bond donors (Lipinski definition) is 1. The van der Waals surface area contributed by atoms with Crippen molar-refractivity contribution in [2.75, 3.05) is 6.54 Å². The van der Waals surface area contributed by atoms with Crippen molar-refractivity contribution in [3.8, 4) is 0 Å². The molecule has 5 nitrogen and oxygen atoms in total. The molecule has 0 saturated heterocycles. The Kier molecular flexibility index (Phi) is 6.01. The van der Waals surface area contributed by atoms with Gasteiger partial charge in [-0.2, -0.15) is 5.10 Å². The van der Waals surface area contributed by atoms with E-state index in [4.69, 9.17) is 0 Å². The highest BCUT2D eigenvalue weighted by atomic mass is 79.9. The van der Waals surface area contributed by atoms with Gasteiger partial charge in [0.05, 0.1) is 10.7 Å². The maximum atomic E-state index is 11.8. The molecule has 0 radical (unpaired) electrons. The Morgan fingerprint density at radius 3 is 2.78 bits per heavy atom. The second-order valence-corrected chi connectivity index (χ2v) is 5.95. The summed E-state index contributed by atoms with van der Waals surface area (Å²) in [7, 11) is 0. The number of carbonyl (C=O) groups is 1. The van der Waals surface area contributed by atoms with Gasteiger partial charge in [-0.15, -0.1) is 0 Å². The molecule has 0 saturated carbocycles. The van der Waals surface area contributed by atoms with E-state index in [1.165, 1.54) is 6.20 Å². The van der Waals surface area contributed by atoms with Crippen LogP contribution in [0.2, 0.25) is 0 Å². The van der Waals surface area contributed by atoms with E-state index in [9.17, 15) is 9.59 Å². The van der Waals surface area contributed by atoms with Gasteiger partial charge < -0.3 is 5.32 Å². The molecular weight excluding hydrogens is 366 g/mol. The second-order valence-electron chi connectivity index (χ2n) is 4.30. The van der Waals surface area contributed by atoms with Gasteiger partial charge in [-0.3, -0.25) is 9.59 Å². The van der Waals surface area contributed by atoms with Gasteiger partial charge in [0.25, 0.3) is 5.56 Å².